The molecule has 56 heavy (non-hydrogen) atoms. The zero-order chi connectivity index (χ0) is 37.0. The van der Waals surface area contributed by atoms with Crippen molar-refractivity contribution in [2.24, 2.45) is 0 Å². The Labute approximate surface area is 322 Å². The summed E-state index contributed by atoms with van der Waals surface area (Å²) >= 11 is 0. The zero-order valence-corrected chi connectivity index (χ0v) is 30.2. The summed E-state index contributed by atoms with van der Waals surface area (Å²) in [4.78, 5) is 15.4. The second-order valence-corrected chi connectivity index (χ2v) is 14.0. The van der Waals surface area contributed by atoms with E-state index in [9.17, 15) is 0 Å². The Morgan fingerprint density at radius 1 is 0.339 bits per heavy atom. The number of nitrogens with zero attached hydrogens (tertiary/aromatic N) is 4. The molecular formula is C51H32N4O. The largest absolute Gasteiger partial charge is 0.456 e. The van der Waals surface area contributed by atoms with Crippen molar-refractivity contribution >= 4 is 43.7 Å². The summed E-state index contributed by atoms with van der Waals surface area (Å²) in [5.74, 6) is 1.82. The molecular weight excluding hydrogens is 685 g/mol. The van der Waals surface area contributed by atoms with Crippen LogP contribution in [0.15, 0.2) is 199 Å². The van der Waals surface area contributed by atoms with Crippen LogP contribution in [0.3, 0.4) is 0 Å². The van der Waals surface area contributed by atoms with Crippen LogP contribution in [0.5, 0.6) is 0 Å². The highest BCUT2D eigenvalue weighted by Crippen LogP contribution is 2.41. The Morgan fingerprint density at radius 3 is 1.66 bits per heavy atom. The van der Waals surface area contributed by atoms with E-state index >= 15 is 0 Å². The molecule has 0 aliphatic heterocycles. The van der Waals surface area contributed by atoms with E-state index in [0.29, 0.717) is 17.5 Å². The van der Waals surface area contributed by atoms with Crippen molar-refractivity contribution in [1.29, 1.82) is 0 Å². The van der Waals surface area contributed by atoms with Crippen LogP contribution in [0, 0.1) is 0 Å². The van der Waals surface area contributed by atoms with E-state index in [1.807, 2.05) is 54.6 Å². The van der Waals surface area contributed by atoms with E-state index < -0.39 is 0 Å². The molecule has 0 spiro atoms. The van der Waals surface area contributed by atoms with Crippen LogP contribution in [0.4, 0.5) is 0 Å². The van der Waals surface area contributed by atoms with Crippen LogP contribution < -0.4 is 0 Å². The van der Waals surface area contributed by atoms with Crippen molar-refractivity contribution in [3.05, 3.63) is 194 Å². The van der Waals surface area contributed by atoms with Crippen molar-refractivity contribution in [3.63, 3.8) is 0 Å². The second kappa shape index (κ2) is 13.0. The minimum Gasteiger partial charge on any atom is -0.456 e. The zero-order valence-electron chi connectivity index (χ0n) is 30.2. The van der Waals surface area contributed by atoms with E-state index in [1.54, 1.807) is 0 Å². The molecule has 0 amide bonds. The minimum atomic E-state index is 0.591. The predicted octanol–water partition coefficient (Wildman–Crippen LogP) is 13.2. The third kappa shape index (κ3) is 5.37. The minimum absolute atomic E-state index is 0.591. The number of fused-ring (bicyclic) bond motifs is 6. The van der Waals surface area contributed by atoms with Crippen LogP contribution in [0.25, 0.3) is 106 Å². The molecule has 0 atom stereocenters. The van der Waals surface area contributed by atoms with Crippen LogP contribution in [-0.4, -0.2) is 19.5 Å². The van der Waals surface area contributed by atoms with E-state index in [-0.39, 0.29) is 0 Å². The quantitative estimate of drug-likeness (QED) is 0.172. The third-order valence-electron chi connectivity index (χ3n) is 10.7. The third-order valence-corrected chi connectivity index (χ3v) is 10.7. The fraction of sp³-hybridized carbons (Fsp3) is 0. The molecule has 0 unspecified atom stereocenters. The Morgan fingerprint density at radius 2 is 0.911 bits per heavy atom. The molecule has 11 aromatic rings. The fourth-order valence-electron chi connectivity index (χ4n) is 8.00. The number of hydrogen-bond donors (Lipinski definition) is 0. The molecule has 0 saturated heterocycles. The first-order valence-corrected chi connectivity index (χ1v) is 18.8. The summed E-state index contributed by atoms with van der Waals surface area (Å²) < 4.78 is 9.03. The average molecular weight is 717 g/mol. The van der Waals surface area contributed by atoms with Crippen molar-refractivity contribution in [3.8, 4) is 62.1 Å². The number of furan rings is 1. The van der Waals surface area contributed by atoms with E-state index in [0.717, 1.165) is 71.9 Å². The molecule has 11 rings (SSSR count). The highest BCUT2D eigenvalue weighted by molar-refractivity contribution is 6.19. The number of hydrogen-bond acceptors (Lipinski definition) is 4. The van der Waals surface area contributed by atoms with Gasteiger partial charge in [0.15, 0.2) is 17.5 Å². The van der Waals surface area contributed by atoms with Gasteiger partial charge < -0.3 is 8.98 Å². The van der Waals surface area contributed by atoms with Crippen LogP contribution in [-0.2, 0) is 0 Å². The molecule has 262 valence electrons. The number of rotatable bonds is 6. The molecule has 3 aromatic heterocycles. The molecule has 0 aliphatic rings. The van der Waals surface area contributed by atoms with Crippen LogP contribution in [0.2, 0.25) is 0 Å². The average Bonchev–Trinajstić information content (AvgIpc) is 3.81. The highest BCUT2D eigenvalue weighted by atomic mass is 16.3. The van der Waals surface area contributed by atoms with Gasteiger partial charge in [0.05, 0.1) is 11.0 Å². The Kier molecular flexibility index (Phi) is 7.42. The lowest BCUT2D eigenvalue weighted by atomic mass is 10.0. The van der Waals surface area contributed by atoms with E-state index in [1.165, 1.54) is 16.5 Å². The van der Waals surface area contributed by atoms with Crippen LogP contribution >= 0.6 is 0 Å². The Balaban J connectivity index is 1.11. The molecule has 0 N–H and O–H groups in total. The molecule has 0 aliphatic carbocycles. The number of benzene rings is 8. The molecule has 5 heteroatoms. The van der Waals surface area contributed by atoms with E-state index in [2.05, 4.69) is 144 Å². The Hall–Kier alpha value is -7.63. The lowest BCUT2D eigenvalue weighted by molar-refractivity contribution is 0.669. The summed E-state index contributed by atoms with van der Waals surface area (Å²) in [5, 5.41) is 4.31. The fourth-order valence-corrected chi connectivity index (χ4v) is 8.00. The highest BCUT2D eigenvalue weighted by Gasteiger charge is 2.21. The molecule has 0 radical (unpaired) electrons. The summed E-state index contributed by atoms with van der Waals surface area (Å²) in [6.45, 7) is 0. The first-order valence-electron chi connectivity index (χ1n) is 18.8. The van der Waals surface area contributed by atoms with Gasteiger partial charge in [-0.15, -0.1) is 0 Å². The normalized spacial score (nSPS) is 11.6. The first-order chi connectivity index (χ1) is 27.7. The summed E-state index contributed by atoms with van der Waals surface area (Å²) in [5.41, 5.74) is 12.2. The van der Waals surface area contributed by atoms with Gasteiger partial charge >= 0.3 is 0 Å². The van der Waals surface area contributed by atoms with Gasteiger partial charge in [0.2, 0.25) is 0 Å². The molecule has 8 aromatic carbocycles. The van der Waals surface area contributed by atoms with Gasteiger partial charge in [-0.2, -0.15) is 0 Å². The first kappa shape index (κ1) is 31.9. The predicted molar refractivity (Wildman–Crippen MR) is 229 cm³/mol. The SMILES string of the molecule is c1ccc(-c2ccc(-n3c4ccccc4c4cc5c(cc43)oc3cccc(-c4nc(-c6ccccc6)nc(-c6cccc(-c7ccccc7)c6)n4)c35)cc2)cc1. The maximum atomic E-state index is 6.70. The topological polar surface area (TPSA) is 56.7 Å². The number of aromatic nitrogens is 4. The van der Waals surface area contributed by atoms with Crippen molar-refractivity contribution < 1.29 is 4.42 Å². The van der Waals surface area contributed by atoms with Crippen LogP contribution in [0.1, 0.15) is 0 Å². The summed E-state index contributed by atoms with van der Waals surface area (Å²) in [7, 11) is 0. The summed E-state index contributed by atoms with van der Waals surface area (Å²) in [6, 6.07) is 67.4. The molecule has 3 heterocycles. The van der Waals surface area contributed by atoms with Gasteiger partial charge in [0.1, 0.15) is 11.2 Å². The standard InChI is InChI=1S/C51H32N4O/c1-4-14-33(15-5-1)35-26-28-39(29-27-35)55-44-24-11-10-22-40(44)42-31-43-47(32-45(42)55)56-46-25-13-23-41(48(43)46)51-53-49(36-18-8-3-9-19-36)52-50(54-51)38-21-12-20-37(30-38)34-16-6-2-7-17-34/h1-32H. The molecule has 0 saturated carbocycles. The van der Waals surface area contributed by atoms with Crippen molar-refractivity contribution in [1.82, 2.24) is 19.5 Å². The maximum Gasteiger partial charge on any atom is 0.164 e. The lowest BCUT2D eigenvalue weighted by Crippen LogP contribution is -2.00. The summed E-state index contributed by atoms with van der Waals surface area (Å²) in [6.07, 6.45) is 0. The van der Waals surface area contributed by atoms with Gasteiger partial charge in [-0.25, -0.2) is 15.0 Å². The van der Waals surface area contributed by atoms with Gasteiger partial charge in [0, 0.05) is 50.0 Å². The van der Waals surface area contributed by atoms with Gasteiger partial charge in [0.25, 0.3) is 0 Å². The molecule has 0 fully saturated rings. The Bertz CT molecular complexity index is 3220. The monoisotopic (exact) mass is 716 g/mol. The van der Waals surface area contributed by atoms with Crippen molar-refractivity contribution in [2.75, 3.05) is 0 Å². The van der Waals surface area contributed by atoms with Gasteiger partial charge in [-0.3, -0.25) is 0 Å². The number of para-hydroxylation sites is 1. The van der Waals surface area contributed by atoms with E-state index in [4.69, 9.17) is 19.4 Å². The molecule has 0 bridgehead atoms. The van der Waals surface area contributed by atoms with Gasteiger partial charge in [-0.1, -0.05) is 152 Å². The smallest absolute Gasteiger partial charge is 0.164 e. The maximum absolute atomic E-state index is 6.70. The van der Waals surface area contributed by atoms with Gasteiger partial charge in [-0.05, 0) is 58.7 Å². The molecule has 5 nitrogen and oxygen atoms in total. The van der Waals surface area contributed by atoms with Crippen molar-refractivity contribution in [2.45, 2.75) is 0 Å². The lowest BCUT2D eigenvalue weighted by Gasteiger charge is -2.10. The second-order valence-electron chi connectivity index (χ2n) is 14.0.